The van der Waals surface area contributed by atoms with Gasteiger partial charge in [-0.15, -0.1) is 0 Å². The number of likely N-dealkylation sites (tertiary alicyclic amines) is 1. The second-order valence-corrected chi connectivity index (χ2v) is 9.07. The van der Waals surface area contributed by atoms with Gasteiger partial charge in [0.05, 0.1) is 22.2 Å². The molecule has 2 atom stereocenters. The number of fused-ring (bicyclic) bond motifs is 1. The number of aromatic nitrogens is 4. The van der Waals surface area contributed by atoms with Crippen LogP contribution in [0.5, 0.6) is 5.75 Å². The molecule has 9 nitrogen and oxygen atoms in total. The van der Waals surface area contributed by atoms with Gasteiger partial charge in [0.25, 0.3) is 5.89 Å². The molecule has 0 aliphatic carbocycles. The fraction of sp³-hybridized carbons (Fsp3) is 0.273. The van der Waals surface area contributed by atoms with Gasteiger partial charge in [0, 0.05) is 30.4 Å². The Kier molecular flexibility index (Phi) is 5.95. The van der Waals surface area contributed by atoms with Gasteiger partial charge in [0.15, 0.2) is 5.65 Å². The molecule has 1 unspecified atom stereocenters. The second kappa shape index (κ2) is 8.86. The Morgan fingerprint density at radius 3 is 2.64 bits per heavy atom. The van der Waals surface area contributed by atoms with E-state index in [1.807, 2.05) is 6.92 Å². The van der Waals surface area contributed by atoms with Gasteiger partial charge in [-0.05, 0) is 31.2 Å². The molecule has 1 aromatic carbocycles. The van der Waals surface area contributed by atoms with Crippen molar-refractivity contribution < 1.29 is 32.3 Å². The Balaban J connectivity index is 1.37. The molecule has 0 saturated carbocycles. The molecule has 1 saturated heterocycles. The van der Waals surface area contributed by atoms with E-state index >= 15 is 0 Å². The van der Waals surface area contributed by atoms with E-state index in [0.29, 0.717) is 17.7 Å². The number of amides is 1. The average Bonchev–Trinajstić information content (AvgIpc) is 3.51. The van der Waals surface area contributed by atoms with E-state index in [2.05, 4.69) is 15.1 Å². The Morgan fingerprint density at radius 2 is 1.97 bits per heavy atom. The molecule has 0 spiro atoms. The maximum atomic E-state index is 13.1. The maximum absolute atomic E-state index is 13.1. The quantitative estimate of drug-likeness (QED) is 0.343. The van der Waals surface area contributed by atoms with Crippen molar-refractivity contribution in [2.45, 2.75) is 31.7 Å². The van der Waals surface area contributed by atoms with Gasteiger partial charge in [-0.1, -0.05) is 28.4 Å². The van der Waals surface area contributed by atoms with Crippen molar-refractivity contribution >= 4 is 34.9 Å². The largest absolute Gasteiger partial charge is 0.488 e. The zero-order valence-electron chi connectivity index (χ0n) is 18.3. The molecule has 36 heavy (non-hydrogen) atoms. The molecule has 3 aromatic heterocycles. The van der Waals surface area contributed by atoms with Crippen LogP contribution in [0.3, 0.4) is 0 Å². The molecular formula is C22H16Cl2F3N5O4. The van der Waals surface area contributed by atoms with Crippen molar-refractivity contribution in [1.82, 2.24) is 24.4 Å². The fourth-order valence-electron chi connectivity index (χ4n) is 4.03. The van der Waals surface area contributed by atoms with Crippen LogP contribution in [0.15, 0.2) is 41.2 Å². The summed E-state index contributed by atoms with van der Waals surface area (Å²) < 4.78 is 51.5. The predicted molar refractivity (Wildman–Crippen MR) is 122 cm³/mol. The predicted octanol–water partition coefficient (Wildman–Crippen LogP) is 5.90. The second-order valence-electron chi connectivity index (χ2n) is 8.26. The summed E-state index contributed by atoms with van der Waals surface area (Å²) in [7, 11) is 0. The van der Waals surface area contributed by atoms with Gasteiger partial charge in [-0.2, -0.15) is 18.2 Å². The van der Waals surface area contributed by atoms with Gasteiger partial charge in [0.2, 0.25) is 5.82 Å². The number of hydrogen-bond acceptors (Lipinski definition) is 6. The lowest BCUT2D eigenvalue weighted by atomic mass is 10.2. The minimum atomic E-state index is -4.57. The van der Waals surface area contributed by atoms with E-state index in [0.717, 1.165) is 16.7 Å². The number of carbonyl (C=O) groups is 1. The molecule has 1 amide bonds. The van der Waals surface area contributed by atoms with Crippen LogP contribution in [0.25, 0.3) is 28.6 Å². The summed E-state index contributed by atoms with van der Waals surface area (Å²) in [5.41, 5.74) is -0.273. The number of nitrogens with zero attached hydrogens (tertiary/aromatic N) is 5. The number of imidazole rings is 1. The van der Waals surface area contributed by atoms with Crippen LogP contribution in [0.4, 0.5) is 18.0 Å². The number of ether oxygens (including phenoxy) is 1. The number of pyridine rings is 1. The Morgan fingerprint density at radius 1 is 1.19 bits per heavy atom. The fourth-order valence-corrected chi connectivity index (χ4v) is 4.54. The topological polar surface area (TPSA) is 106 Å². The molecule has 1 aliphatic rings. The van der Waals surface area contributed by atoms with Crippen LogP contribution < -0.4 is 4.74 Å². The molecule has 14 heteroatoms. The first-order chi connectivity index (χ1) is 17.0. The average molecular weight is 542 g/mol. The SMILES string of the molecule is CC1C[C@H](Oc2ccc(-c3noc(-c4cn5cc(C(F)(F)F)cc(Cl)c5n4)n3)c(Cl)c2)CN1C(=O)O. The van der Waals surface area contributed by atoms with Gasteiger partial charge in [-0.3, -0.25) is 0 Å². The molecule has 0 bridgehead atoms. The van der Waals surface area contributed by atoms with E-state index in [-0.39, 0.29) is 51.8 Å². The van der Waals surface area contributed by atoms with Gasteiger partial charge < -0.3 is 23.7 Å². The number of rotatable bonds is 4. The van der Waals surface area contributed by atoms with E-state index in [1.54, 1.807) is 18.2 Å². The van der Waals surface area contributed by atoms with Crippen LogP contribution in [-0.2, 0) is 6.18 Å². The number of halogens is 5. The van der Waals surface area contributed by atoms with Crippen molar-refractivity contribution in [3.05, 3.63) is 52.3 Å². The summed E-state index contributed by atoms with van der Waals surface area (Å²) >= 11 is 12.4. The molecule has 4 heterocycles. The summed E-state index contributed by atoms with van der Waals surface area (Å²) in [6.07, 6.45) is -3.16. The molecule has 4 aromatic rings. The smallest absolute Gasteiger partial charge is 0.417 e. The molecule has 188 valence electrons. The molecular weight excluding hydrogens is 526 g/mol. The molecule has 0 radical (unpaired) electrons. The zero-order valence-corrected chi connectivity index (χ0v) is 19.8. The number of carboxylic acid groups (broad SMARTS) is 1. The van der Waals surface area contributed by atoms with E-state index in [4.69, 9.17) is 32.5 Å². The highest BCUT2D eigenvalue weighted by atomic mass is 35.5. The van der Waals surface area contributed by atoms with Crippen LogP contribution in [0.1, 0.15) is 18.9 Å². The Hall–Kier alpha value is -3.51. The van der Waals surface area contributed by atoms with Crippen LogP contribution in [0.2, 0.25) is 10.0 Å². The summed E-state index contributed by atoms with van der Waals surface area (Å²) in [6.45, 7) is 2.06. The third-order valence-electron chi connectivity index (χ3n) is 5.75. The lowest BCUT2D eigenvalue weighted by molar-refractivity contribution is -0.137. The highest BCUT2D eigenvalue weighted by Crippen LogP contribution is 2.35. The summed E-state index contributed by atoms with van der Waals surface area (Å²) in [4.78, 5) is 21.0. The zero-order chi connectivity index (χ0) is 25.8. The molecule has 5 rings (SSSR count). The van der Waals surface area contributed by atoms with E-state index in [9.17, 15) is 23.1 Å². The van der Waals surface area contributed by atoms with E-state index in [1.165, 1.54) is 11.1 Å². The normalized spacial score (nSPS) is 18.2. The highest BCUT2D eigenvalue weighted by Gasteiger charge is 2.34. The number of benzene rings is 1. The van der Waals surface area contributed by atoms with E-state index < -0.39 is 17.8 Å². The number of hydrogen-bond donors (Lipinski definition) is 1. The summed E-state index contributed by atoms with van der Waals surface area (Å²) in [6, 6.07) is 5.46. The Bertz CT molecular complexity index is 1470. The van der Waals surface area contributed by atoms with Crippen molar-refractivity contribution in [3.8, 4) is 28.7 Å². The van der Waals surface area contributed by atoms with Gasteiger partial charge in [-0.25, -0.2) is 9.78 Å². The van der Waals surface area contributed by atoms with Gasteiger partial charge >= 0.3 is 12.3 Å². The van der Waals surface area contributed by atoms with Crippen molar-refractivity contribution in [2.24, 2.45) is 0 Å². The van der Waals surface area contributed by atoms with Crippen molar-refractivity contribution in [1.29, 1.82) is 0 Å². The lowest BCUT2D eigenvalue weighted by Gasteiger charge is -2.16. The standard InChI is InChI=1S/C22H16Cl2F3N5O4/c1-10-4-13(8-32(10)21(33)34)35-12-2-3-14(15(23)6-12)18-29-20(36-30-18)17-9-31-7-11(22(25,26)27)5-16(24)19(31)28-17/h2-3,5-7,9-10,13H,4,8H2,1H3,(H,33,34)/t10?,13-/m0/s1. The van der Waals surface area contributed by atoms with Gasteiger partial charge in [0.1, 0.15) is 17.5 Å². The van der Waals surface area contributed by atoms with Crippen LogP contribution in [0, 0.1) is 0 Å². The number of alkyl halides is 3. The minimum absolute atomic E-state index is 0.0385. The minimum Gasteiger partial charge on any atom is -0.488 e. The summed E-state index contributed by atoms with van der Waals surface area (Å²) in [5, 5.41) is 13.2. The molecule has 1 fully saturated rings. The van der Waals surface area contributed by atoms with Crippen LogP contribution in [-0.4, -0.2) is 54.3 Å². The third kappa shape index (κ3) is 4.53. The van der Waals surface area contributed by atoms with Crippen LogP contribution >= 0.6 is 23.2 Å². The third-order valence-corrected chi connectivity index (χ3v) is 6.34. The maximum Gasteiger partial charge on any atom is 0.417 e. The molecule has 1 aliphatic heterocycles. The van der Waals surface area contributed by atoms with Crippen molar-refractivity contribution in [3.63, 3.8) is 0 Å². The van der Waals surface area contributed by atoms with Crippen molar-refractivity contribution in [2.75, 3.05) is 6.54 Å². The molecule has 1 N–H and O–H groups in total. The first kappa shape index (κ1) is 24.2. The lowest BCUT2D eigenvalue weighted by Crippen LogP contribution is -2.33. The Labute approximate surface area is 211 Å². The first-order valence-electron chi connectivity index (χ1n) is 10.6. The summed E-state index contributed by atoms with van der Waals surface area (Å²) in [5.74, 6) is 0.544. The highest BCUT2D eigenvalue weighted by molar-refractivity contribution is 6.33. The first-order valence-corrected chi connectivity index (χ1v) is 11.3. The monoisotopic (exact) mass is 541 g/mol.